The van der Waals surface area contributed by atoms with E-state index in [2.05, 4.69) is 9.87 Å². The third-order valence-corrected chi connectivity index (χ3v) is 3.91. The first-order valence-electron chi connectivity index (χ1n) is 6.84. The lowest BCUT2D eigenvalue weighted by molar-refractivity contribution is -0.235. The van der Waals surface area contributed by atoms with Gasteiger partial charge in [-0.25, -0.2) is 4.79 Å². The smallest absolute Gasteiger partial charge is 0.300 e. The number of aromatic nitrogens is 1. The summed E-state index contributed by atoms with van der Waals surface area (Å²) in [5.74, 6) is -1.50. The fourth-order valence-corrected chi connectivity index (χ4v) is 2.60. The minimum atomic E-state index is -4.52. The molecule has 0 fully saturated rings. The fraction of sp³-hybridized carbons (Fsp3) is 0.250. The highest BCUT2D eigenvalue weighted by molar-refractivity contribution is 6.33. The molecule has 1 N–H and O–H groups in total. The van der Waals surface area contributed by atoms with Crippen LogP contribution >= 0.6 is 11.6 Å². The van der Waals surface area contributed by atoms with Crippen LogP contribution in [0.3, 0.4) is 0 Å². The number of aryl methyl sites for hydroxylation is 1. The number of carbonyl (C=O) groups is 1. The van der Waals surface area contributed by atoms with E-state index in [9.17, 15) is 18.0 Å². The Morgan fingerprint density at radius 3 is 2.50 bits per heavy atom. The number of hydrogen-bond acceptors (Lipinski definition) is 4. The molecule has 1 heterocycles. The van der Waals surface area contributed by atoms with E-state index >= 15 is 0 Å². The minimum absolute atomic E-state index is 0.125. The Labute approximate surface area is 140 Å². The van der Waals surface area contributed by atoms with Gasteiger partial charge in [0.05, 0.1) is 22.2 Å². The second kappa shape index (κ2) is 6.78. The summed E-state index contributed by atoms with van der Waals surface area (Å²) >= 11 is 5.93. The van der Waals surface area contributed by atoms with Crippen molar-refractivity contribution in [2.75, 3.05) is 0 Å². The Bertz CT molecular complexity index is 778. The standard InChI is InChI=1S/C16H13ClF3NO3/c1-8-5-10(3-4-12(8)9(2)15(22)24-23)14-13(17)6-11(7-21-14)16(18,19)20/h3-7,9,23H,1-2H3. The van der Waals surface area contributed by atoms with Gasteiger partial charge in [-0.3, -0.25) is 4.98 Å². The van der Waals surface area contributed by atoms with E-state index in [1.54, 1.807) is 32.0 Å². The number of alkyl halides is 3. The molecule has 1 unspecified atom stereocenters. The van der Waals surface area contributed by atoms with E-state index in [1.165, 1.54) is 0 Å². The number of halogens is 4. The molecular weight excluding hydrogens is 347 g/mol. The molecule has 1 aromatic carbocycles. The Morgan fingerprint density at radius 1 is 1.33 bits per heavy atom. The first-order chi connectivity index (χ1) is 11.1. The van der Waals surface area contributed by atoms with E-state index in [4.69, 9.17) is 16.9 Å². The third-order valence-electron chi connectivity index (χ3n) is 3.62. The molecule has 1 atom stereocenters. The third kappa shape index (κ3) is 3.68. The van der Waals surface area contributed by atoms with Crippen LogP contribution in [0.1, 0.15) is 29.5 Å². The molecule has 24 heavy (non-hydrogen) atoms. The number of rotatable bonds is 3. The van der Waals surface area contributed by atoms with Crippen molar-refractivity contribution in [3.63, 3.8) is 0 Å². The zero-order valence-corrected chi connectivity index (χ0v) is 13.4. The summed E-state index contributed by atoms with van der Waals surface area (Å²) in [4.78, 5) is 18.9. The largest absolute Gasteiger partial charge is 0.417 e. The van der Waals surface area contributed by atoms with Crippen LogP contribution in [0.15, 0.2) is 30.5 Å². The van der Waals surface area contributed by atoms with Crippen LogP contribution in [0, 0.1) is 6.92 Å². The predicted octanol–water partition coefficient (Wildman–Crippen LogP) is 4.85. The van der Waals surface area contributed by atoms with Gasteiger partial charge in [0.15, 0.2) is 0 Å². The molecule has 0 spiro atoms. The molecule has 0 amide bonds. The molecule has 1 aromatic heterocycles. The van der Waals surface area contributed by atoms with Crippen molar-refractivity contribution in [1.82, 2.24) is 4.98 Å². The van der Waals surface area contributed by atoms with Gasteiger partial charge in [0.1, 0.15) is 0 Å². The van der Waals surface area contributed by atoms with Crippen LogP contribution in [0.2, 0.25) is 5.02 Å². The molecule has 0 saturated carbocycles. The molecule has 4 nitrogen and oxygen atoms in total. The summed E-state index contributed by atoms with van der Waals surface area (Å²) in [5, 5.41) is 8.32. The van der Waals surface area contributed by atoms with Crippen molar-refractivity contribution in [3.8, 4) is 11.3 Å². The highest BCUT2D eigenvalue weighted by atomic mass is 35.5. The summed E-state index contributed by atoms with van der Waals surface area (Å²) in [6.07, 6.45) is -3.80. The monoisotopic (exact) mass is 359 g/mol. The van der Waals surface area contributed by atoms with Gasteiger partial charge < -0.3 is 4.89 Å². The van der Waals surface area contributed by atoms with Gasteiger partial charge in [0.2, 0.25) is 0 Å². The van der Waals surface area contributed by atoms with Crippen molar-refractivity contribution >= 4 is 17.6 Å². The van der Waals surface area contributed by atoms with Crippen LogP contribution < -0.4 is 0 Å². The summed E-state index contributed by atoms with van der Waals surface area (Å²) < 4.78 is 38.0. The van der Waals surface area contributed by atoms with Gasteiger partial charge in [-0.2, -0.15) is 18.4 Å². The van der Waals surface area contributed by atoms with Crippen molar-refractivity contribution in [1.29, 1.82) is 0 Å². The maximum Gasteiger partial charge on any atom is 0.417 e. The van der Waals surface area contributed by atoms with Gasteiger partial charge >= 0.3 is 12.1 Å². The normalized spacial score (nSPS) is 12.8. The van der Waals surface area contributed by atoms with E-state index in [0.717, 1.165) is 12.3 Å². The molecule has 0 aliphatic rings. The molecular formula is C16H13ClF3NO3. The molecule has 0 aliphatic heterocycles. The summed E-state index contributed by atoms with van der Waals surface area (Å²) in [7, 11) is 0. The van der Waals surface area contributed by atoms with Crippen LogP contribution in [0.4, 0.5) is 13.2 Å². The van der Waals surface area contributed by atoms with Crippen molar-refractivity contribution in [3.05, 3.63) is 52.2 Å². The van der Waals surface area contributed by atoms with E-state index in [-0.39, 0.29) is 10.7 Å². The number of benzene rings is 1. The van der Waals surface area contributed by atoms with Gasteiger partial charge in [0, 0.05) is 11.8 Å². The highest BCUT2D eigenvalue weighted by Crippen LogP contribution is 2.35. The molecule has 2 aromatic rings. The summed E-state index contributed by atoms with van der Waals surface area (Å²) in [6.45, 7) is 3.28. The molecule has 0 bridgehead atoms. The Morgan fingerprint density at radius 2 is 2.00 bits per heavy atom. The second-order valence-electron chi connectivity index (χ2n) is 5.26. The SMILES string of the molecule is Cc1cc(-c2ncc(C(F)(F)F)cc2Cl)ccc1C(C)C(=O)OO. The minimum Gasteiger partial charge on any atom is -0.300 e. The quantitative estimate of drug-likeness (QED) is 0.628. The van der Waals surface area contributed by atoms with Crippen LogP contribution in [0.25, 0.3) is 11.3 Å². The average molecular weight is 360 g/mol. The zero-order chi connectivity index (χ0) is 18.1. The van der Waals surface area contributed by atoms with E-state index in [1.807, 2.05) is 0 Å². The first kappa shape index (κ1) is 18.2. The molecule has 0 radical (unpaired) electrons. The van der Waals surface area contributed by atoms with Gasteiger partial charge in [-0.1, -0.05) is 23.7 Å². The lowest BCUT2D eigenvalue weighted by atomic mass is 9.94. The first-order valence-corrected chi connectivity index (χ1v) is 7.22. The number of hydrogen-bond donors (Lipinski definition) is 1. The van der Waals surface area contributed by atoms with E-state index < -0.39 is 23.6 Å². The van der Waals surface area contributed by atoms with Crippen LogP contribution in [-0.2, 0) is 15.9 Å². The molecule has 2 rings (SSSR count). The summed E-state index contributed by atoms with van der Waals surface area (Å²) in [6, 6.07) is 5.67. The van der Waals surface area contributed by atoms with Gasteiger partial charge in [-0.05, 0) is 37.1 Å². The van der Waals surface area contributed by atoms with Crippen molar-refractivity contribution in [2.45, 2.75) is 25.9 Å². The lowest BCUT2D eigenvalue weighted by Gasteiger charge is -2.14. The maximum absolute atomic E-state index is 12.7. The van der Waals surface area contributed by atoms with Crippen molar-refractivity contribution in [2.24, 2.45) is 0 Å². The highest BCUT2D eigenvalue weighted by Gasteiger charge is 2.31. The topological polar surface area (TPSA) is 59.4 Å². The average Bonchev–Trinajstić information content (AvgIpc) is 2.52. The van der Waals surface area contributed by atoms with Crippen LogP contribution in [0.5, 0.6) is 0 Å². The molecule has 8 heteroatoms. The molecule has 0 aliphatic carbocycles. The fourth-order valence-electron chi connectivity index (χ4n) is 2.32. The van der Waals surface area contributed by atoms with Gasteiger partial charge in [0.25, 0.3) is 0 Å². The van der Waals surface area contributed by atoms with Gasteiger partial charge in [-0.15, -0.1) is 0 Å². The Hall–Kier alpha value is -2.12. The molecule has 0 saturated heterocycles. The maximum atomic E-state index is 12.7. The Balaban J connectivity index is 2.41. The predicted molar refractivity (Wildman–Crippen MR) is 81.6 cm³/mol. The number of pyridine rings is 1. The van der Waals surface area contributed by atoms with Crippen molar-refractivity contribution < 1.29 is 28.1 Å². The lowest BCUT2D eigenvalue weighted by Crippen LogP contribution is -2.12. The Kier molecular flexibility index (Phi) is 5.15. The second-order valence-corrected chi connectivity index (χ2v) is 5.66. The molecule has 128 valence electrons. The number of nitrogens with zero attached hydrogens (tertiary/aromatic N) is 1. The summed E-state index contributed by atoms with van der Waals surface area (Å²) in [5.41, 5.74) is 1.09. The van der Waals surface area contributed by atoms with E-state index in [0.29, 0.717) is 16.7 Å². The van der Waals surface area contributed by atoms with Crippen LogP contribution in [-0.4, -0.2) is 16.2 Å². The number of carbonyl (C=O) groups excluding carboxylic acids is 1. The zero-order valence-electron chi connectivity index (χ0n) is 12.7.